The van der Waals surface area contributed by atoms with E-state index < -0.39 is 32.7 Å². The monoisotopic (exact) mass is 478 g/mol. The fourth-order valence-corrected chi connectivity index (χ4v) is 6.48. The quantitative estimate of drug-likeness (QED) is 0.413. The number of hydrogen-bond donors (Lipinski definition) is 0. The number of sulfonamides is 1. The Labute approximate surface area is 186 Å². The van der Waals surface area contributed by atoms with E-state index in [1.165, 1.54) is 35.6 Å². The van der Waals surface area contributed by atoms with E-state index in [1.54, 1.807) is 10.6 Å². The molecule has 168 valence electrons. The molecule has 32 heavy (non-hydrogen) atoms. The Morgan fingerprint density at radius 3 is 2.66 bits per heavy atom. The normalized spacial score (nSPS) is 17.8. The van der Waals surface area contributed by atoms with Gasteiger partial charge in [-0.15, -0.1) is 0 Å². The van der Waals surface area contributed by atoms with Gasteiger partial charge in [0.05, 0.1) is 20.0 Å². The number of thiazole rings is 1. The molecule has 1 fully saturated rings. The predicted octanol–water partition coefficient (Wildman–Crippen LogP) is 3.05. The van der Waals surface area contributed by atoms with Crippen LogP contribution in [0.3, 0.4) is 0 Å². The van der Waals surface area contributed by atoms with Gasteiger partial charge in [0.1, 0.15) is 11.9 Å². The third-order valence-corrected chi connectivity index (χ3v) is 8.29. The number of non-ortho nitro benzene ring substituents is 1. The average Bonchev–Trinajstić information content (AvgIpc) is 3.38. The second-order valence-corrected chi connectivity index (χ2v) is 10.1. The van der Waals surface area contributed by atoms with Crippen molar-refractivity contribution in [3.05, 3.63) is 63.2 Å². The van der Waals surface area contributed by atoms with E-state index in [2.05, 4.69) is 4.99 Å². The van der Waals surface area contributed by atoms with E-state index in [1.807, 2.05) is 6.92 Å². The molecule has 2 aromatic carbocycles. The van der Waals surface area contributed by atoms with E-state index in [0.29, 0.717) is 29.7 Å². The summed E-state index contributed by atoms with van der Waals surface area (Å²) in [4.78, 5) is 28.1. The molecule has 0 aliphatic carbocycles. The molecule has 12 heteroatoms. The molecule has 1 atom stereocenters. The van der Waals surface area contributed by atoms with Crippen molar-refractivity contribution in [1.82, 2.24) is 8.87 Å². The number of halogens is 1. The van der Waals surface area contributed by atoms with Crippen molar-refractivity contribution < 1.29 is 22.5 Å². The van der Waals surface area contributed by atoms with Crippen LogP contribution in [0.5, 0.6) is 0 Å². The van der Waals surface area contributed by atoms with Crippen molar-refractivity contribution in [3.8, 4) is 0 Å². The number of benzene rings is 2. The summed E-state index contributed by atoms with van der Waals surface area (Å²) in [5.74, 6) is -1.15. The lowest BCUT2D eigenvalue weighted by Crippen LogP contribution is -2.40. The van der Waals surface area contributed by atoms with Crippen LogP contribution in [0.1, 0.15) is 19.8 Å². The summed E-state index contributed by atoms with van der Waals surface area (Å²) in [5, 5.41) is 11.1. The van der Waals surface area contributed by atoms with Gasteiger partial charge in [-0.2, -0.15) is 9.30 Å². The van der Waals surface area contributed by atoms with Gasteiger partial charge in [0, 0.05) is 25.2 Å². The maximum Gasteiger partial charge on any atom is 0.271 e. The van der Waals surface area contributed by atoms with Crippen LogP contribution < -0.4 is 4.80 Å². The van der Waals surface area contributed by atoms with Gasteiger partial charge >= 0.3 is 0 Å². The summed E-state index contributed by atoms with van der Waals surface area (Å²) in [7, 11) is -3.99. The van der Waals surface area contributed by atoms with E-state index in [4.69, 9.17) is 0 Å². The molecule has 1 amide bonds. The number of aromatic nitrogens is 1. The maximum absolute atomic E-state index is 13.2. The molecule has 4 rings (SSSR count). The summed E-state index contributed by atoms with van der Waals surface area (Å²) in [5.41, 5.74) is 0.517. The molecule has 1 aliphatic heterocycles. The molecule has 3 aromatic rings. The molecular formula is C20H19FN4O5S2. The zero-order valence-corrected chi connectivity index (χ0v) is 18.6. The molecule has 0 spiro atoms. The van der Waals surface area contributed by atoms with Crippen molar-refractivity contribution in [3.63, 3.8) is 0 Å². The summed E-state index contributed by atoms with van der Waals surface area (Å²) < 4.78 is 42.8. The number of hydrogen-bond acceptors (Lipinski definition) is 6. The first-order valence-electron chi connectivity index (χ1n) is 9.86. The van der Waals surface area contributed by atoms with Crippen LogP contribution in [0.2, 0.25) is 0 Å². The minimum Gasteiger partial charge on any atom is -0.316 e. The van der Waals surface area contributed by atoms with Crippen LogP contribution in [0.15, 0.2) is 52.4 Å². The summed E-state index contributed by atoms with van der Waals surface area (Å²) in [6.07, 6.45) is 0.823. The Morgan fingerprint density at radius 1 is 1.28 bits per heavy atom. The number of nitrogens with zero attached hydrogens (tertiary/aromatic N) is 4. The van der Waals surface area contributed by atoms with Crippen molar-refractivity contribution in [2.24, 2.45) is 4.99 Å². The number of nitro groups is 1. The molecule has 1 aliphatic rings. The van der Waals surface area contributed by atoms with Gasteiger partial charge in [-0.05, 0) is 50.1 Å². The maximum atomic E-state index is 13.2. The van der Waals surface area contributed by atoms with E-state index in [0.717, 1.165) is 21.1 Å². The first-order valence-corrected chi connectivity index (χ1v) is 12.1. The van der Waals surface area contributed by atoms with Gasteiger partial charge in [0.2, 0.25) is 10.0 Å². The topological polar surface area (TPSA) is 115 Å². The van der Waals surface area contributed by atoms with Crippen LogP contribution in [0, 0.1) is 15.9 Å². The molecule has 2 heterocycles. The molecule has 0 radical (unpaired) electrons. The zero-order valence-electron chi connectivity index (χ0n) is 17.0. The SMILES string of the molecule is CCn1c(=NC(=O)C2CCCN2S(=O)(=O)c2ccc(F)cc2)sc2ccc([N+](=O)[O-])cc21. The first-order chi connectivity index (χ1) is 15.2. The number of carbonyl (C=O) groups excluding carboxylic acids is 1. The minimum absolute atomic E-state index is 0.0669. The Morgan fingerprint density at radius 2 is 2.00 bits per heavy atom. The van der Waals surface area contributed by atoms with Crippen molar-refractivity contribution in [2.75, 3.05) is 6.54 Å². The van der Waals surface area contributed by atoms with Crippen molar-refractivity contribution in [1.29, 1.82) is 0 Å². The first kappa shape index (κ1) is 22.2. The standard InChI is InChI=1S/C20H19FN4O5S2/c1-2-23-17-12-14(25(27)28)7-10-18(17)31-20(23)22-19(26)16-4-3-11-24(16)32(29,30)15-8-5-13(21)6-9-15/h5-10,12,16H,2-4,11H2,1H3. The Hall–Kier alpha value is -2.96. The van der Waals surface area contributed by atoms with Gasteiger partial charge < -0.3 is 4.57 Å². The predicted molar refractivity (Wildman–Crippen MR) is 116 cm³/mol. The largest absolute Gasteiger partial charge is 0.316 e. The molecule has 1 saturated heterocycles. The van der Waals surface area contributed by atoms with E-state index in [9.17, 15) is 27.7 Å². The number of rotatable bonds is 5. The van der Waals surface area contributed by atoms with Crippen LogP contribution in [-0.2, 0) is 21.4 Å². The lowest BCUT2D eigenvalue weighted by atomic mass is 10.2. The molecule has 0 saturated carbocycles. The summed E-state index contributed by atoms with van der Waals surface area (Å²) >= 11 is 1.21. The minimum atomic E-state index is -3.99. The molecule has 0 N–H and O–H groups in total. The second-order valence-electron chi connectivity index (χ2n) is 7.22. The molecule has 0 bridgehead atoms. The molecular weight excluding hydrogens is 459 g/mol. The van der Waals surface area contributed by atoms with E-state index >= 15 is 0 Å². The lowest BCUT2D eigenvalue weighted by molar-refractivity contribution is -0.384. The molecule has 1 unspecified atom stereocenters. The number of fused-ring (bicyclic) bond motifs is 1. The average molecular weight is 479 g/mol. The van der Waals surface area contributed by atoms with E-state index in [-0.39, 0.29) is 17.1 Å². The molecule has 1 aromatic heterocycles. The fourth-order valence-electron chi connectivity index (χ4n) is 3.75. The Bertz CT molecular complexity index is 1380. The number of nitro benzene ring substituents is 1. The van der Waals surface area contributed by atoms with Gasteiger partial charge in [-0.1, -0.05) is 11.3 Å². The zero-order chi connectivity index (χ0) is 23.0. The van der Waals surface area contributed by atoms with Crippen molar-refractivity contribution >= 4 is 43.2 Å². The van der Waals surface area contributed by atoms with Gasteiger partial charge in [0.15, 0.2) is 4.80 Å². The fraction of sp³-hybridized carbons (Fsp3) is 0.300. The number of carbonyl (C=O) groups is 1. The van der Waals surface area contributed by atoms with Gasteiger partial charge in [-0.3, -0.25) is 14.9 Å². The lowest BCUT2D eigenvalue weighted by Gasteiger charge is -2.21. The highest BCUT2D eigenvalue weighted by Gasteiger charge is 2.39. The van der Waals surface area contributed by atoms with Crippen LogP contribution in [0.25, 0.3) is 10.2 Å². The Balaban J connectivity index is 1.72. The third-order valence-electron chi connectivity index (χ3n) is 5.31. The van der Waals surface area contributed by atoms with Gasteiger partial charge in [-0.25, -0.2) is 12.8 Å². The van der Waals surface area contributed by atoms with Gasteiger partial charge in [0.25, 0.3) is 11.6 Å². The van der Waals surface area contributed by atoms with Crippen LogP contribution in [0.4, 0.5) is 10.1 Å². The smallest absolute Gasteiger partial charge is 0.271 e. The highest BCUT2D eigenvalue weighted by Crippen LogP contribution is 2.27. The molecule has 9 nitrogen and oxygen atoms in total. The summed E-state index contributed by atoms with van der Waals surface area (Å²) in [6, 6.07) is 7.93. The Kier molecular flexibility index (Phi) is 5.93. The number of aryl methyl sites for hydroxylation is 1. The van der Waals surface area contributed by atoms with Crippen LogP contribution >= 0.6 is 11.3 Å². The second kappa shape index (κ2) is 8.52. The highest BCUT2D eigenvalue weighted by molar-refractivity contribution is 7.89. The number of amides is 1. The van der Waals surface area contributed by atoms with Crippen LogP contribution in [-0.4, -0.2) is 40.7 Å². The highest BCUT2D eigenvalue weighted by atomic mass is 32.2. The third kappa shape index (κ3) is 3.96. The van der Waals surface area contributed by atoms with Crippen molar-refractivity contribution in [2.45, 2.75) is 37.2 Å². The summed E-state index contributed by atoms with van der Waals surface area (Å²) in [6.45, 7) is 2.42.